The van der Waals surface area contributed by atoms with Crippen LogP contribution < -0.4 is 15.1 Å². The summed E-state index contributed by atoms with van der Waals surface area (Å²) in [5.41, 5.74) is 1.14. The molecule has 0 unspecified atom stereocenters. The first-order valence-corrected chi connectivity index (χ1v) is 11.4. The van der Waals surface area contributed by atoms with Crippen molar-refractivity contribution >= 4 is 33.5 Å². The van der Waals surface area contributed by atoms with Gasteiger partial charge < -0.3 is 13.7 Å². The minimum atomic E-state index is -0.746. The van der Waals surface area contributed by atoms with Gasteiger partial charge in [-0.15, -0.1) is 0 Å². The molecule has 5 aromatic rings. The Hall–Kier alpha value is -4.39. The topological polar surface area (TPSA) is 85.8 Å². The molecule has 1 atom stereocenters. The Bertz CT molecular complexity index is 1680. The molecule has 6 rings (SSSR count). The average Bonchev–Trinajstić information content (AvgIpc) is 3.39. The van der Waals surface area contributed by atoms with Crippen LogP contribution in [0.25, 0.3) is 21.7 Å². The molecule has 7 nitrogen and oxygen atoms in total. The van der Waals surface area contributed by atoms with Gasteiger partial charge in [-0.3, -0.25) is 14.5 Å². The molecule has 3 heterocycles. The van der Waals surface area contributed by atoms with Crippen molar-refractivity contribution in [1.29, 1.82) is 0 Å². The minimum absolute atomic E-state index is 0.0136. The van der Waals surface area contributed by atoms with Gasteiger partial charge in [0.15, 0.2) is 11.2 Å². The van der Waals surface area contributed by atoms with E-state index in [-0.39, 0.29) is 22.9 Å². The lowest BCUT2D eigenvalue weighted by atomic mass is 9.97. The predicted octanol–water partition coefficient (Wildman–Crippen LogP) is 5.78. The van der Waals surface area contributed by atoms with Crippen LogP contribution in [0.15, 0.2) is 80.5 Å². The van der Waals surface area contributed by atoms with E-state index >= 15 is 0 Å². The SMILES string of the molecule is Cc1cc(N2C(=O)c3oc4c(ccc5ccccc54)c(=O)c3[C@@H]2c2cccc(OC(C)C)c2)no1. The first kappa shape index (κ1) is 21.2. The van der Waals surface area contributed by atoms with Gasteiger partial charge in [-0.1, -0.05) is 47.6 Å². The first-order valence-electron chi connectivity index (χ1n) is 11.4. The second-order valence-electron chi connectivity index (χ2n) is 8.95. The van der Waals surface area contributed by atoms with E-state index in [0.717, 1.165) is 10.8 Å². The van der Waals surface area contributed by atoms with Crippen LogP contribution >= 0.6 is 0 Å². The molecular formula is C28H22N2O5. The number of hydrogen-bond donors (Lipinski definition) is 0. The third-order valence-electron chi connectivity index (χ3n) is 6.17. The lowest BCUT2D eigenvalue weighted by molar-refractivity contribution is 0.0969. The highest BCUT2D eigenvalue weighted by Gasteiger charge is 2.45. The van der Waals surface area contributed by atoms with Crippen molar-refractivity contribution < 1.29 is 18.5 Å². The fourth-order valence-electron chi connectivity index (χ4n) is 4.75. The number of carbonyl (C=O) groups excluding carboxylic acids is 1. The smallest absolute Gasteiger partial charge is 0.296 e. The van der Waals surface area contributed by atoms with Gasteiger partial charge in [0.1, 0.15) is 17.1 Å². The van der Waals surface area contributed by atoms with Crippen molar-refractivity contribution in [3.8, 4) is 5.75 Å². The Morgan fingerprint density at radius 1 is 0.971 bits per heavy atom. The van der Waals surface area contributed by atoms with Crippen LogP contribution in [0, 0.1) is 6.92 Å². The molecule has 0 saturated carbocycles. The van der Waals surface area contributed by atoms with Crippen molar-refractivity contribution in [2.75, 3.05) is 4.90 Å². The number of anilines is 1. The second kappa shape index (κ2) is 7.84. The van der Waals surface area contributed by atoms with Crippen molar-refractivity contribution in [3.05, 3.63) is 99.6 Å². The molecule has 0 N–H and O–H groups in total. The summed E-state index contributed by atoms with van der Waals surface area (Å²) in [5.74, 6) is 1.08. The molecule has 0 bridgehead atoms. The van der Waals surface area contributed by atoms with Gasteiger partial charge >= 0.3 is 0 Å². The van der Waals surface area contributed by atoms with Crippen LogP contribution in [0.2, 0.25) is 0 Å². The maximum atomic E-state index is 13.9. The molecule has 0 fully saturated rings. The standard InChI is InChI=1S/C28H22N2O5/c1-15(2)33-19-9-6-8-18(14-19)24-23-25(31)21-12-11-17-7-4-5-10-20(17)26(21)34-27(23)28(32)30(24)22-13-16(3)35-29-22/h4-15,24H,1-3H3/t24-/m0/s1. The molecule has 7 heteroatoms. The molecule has 0 spiro atoms. The maximum Gasteiger partial charge on any atom is 0.296 e. The summed E-state index contributed by atoms with van der Waals surface area (Å²) in [4.78, 5) is 29.1. The zero-order valence-corrected chi connectivity index (χ0v) is 19.4. The summed E-state index contributed by atoms with van der Waals surface area (Å²) >= 11 is 0. The number of benzene rings is 3. The highest BCUT2D eigenvalue weighted by molar-refractivity contribution is 6.12. The van der Waals surface area contributed by atoms with E-state index in [4.69, 9.17) is 13.7 Å². The van der Waals surface area contributed by atoms with Crippen LogP contribution in [0.3, 0.4) is 0 Å². The number of fused-ring (bicyclic) bond motifs is 4. The Balaban J connectivity index is 1.64. The van der Waals surface area contributed by atoms with Gasteiger partial charge in [-0.2, -0.15) is 0 Å². The summed E-state index contributed by atoms with van der Waals surface area (Å²) in [6.07, 6.45) is -0.0284. The average molecular weight is 466 g/mol. The summed E-state index contributed by atoms with van der Waals surface area (Å²) in [5, 5.41) is 6.21. The first-order chi connectivity index (χ1) is 16.9. The Morgan fingerprint density at radius 2 is 1.80 bits per heavy atom. The van der Waals surface area contributed by atoms with E-state index in [1.165, 1.54) is 4.90 Å². The molecule has 0 saturated heterocycles. The van der Waals surface area contributed by atoms with E-state index in [9.17, 15) is 9.59 Å². The molecule has 1 aliphatic rings. The molecule has 0 radical (unpaired) electrons. The third kappa shape index (κ3) is 3.31. The molecular weight excluding hydrogens is 444 g/mol. The van der Waals surface area contributed by atoms with E-state index in [2.05, 4.69) is 5.16 Å². The van der Waals surface area contributed by atoms with Gasteiger partial charge in [0.05, 0.1) is 23.1 Å². The van der Waals surface area contributed by atoms with E-state index < -0.39 is 11.9 Å². The molecule has 1 aliphatic heterocycles. The molecule has 35 heavy (non-hydrogen) atoms. The third-order valence-corrected chi connectivity index (χ3v) is 6.17. The van der Waals surface area contributed by atoms with Crippen LogP contribution in [-0.2, 0) is 0 Å². The monoisotopic (exact) mass is 466 g/mol. The van der Waals surface area contributed by atoms with Gasteiger partial charge in [0.2, 0.25) is 5.76 Å². The van der Waals surface area contributed by atoms with Gasteiger partial charge in [0, 0.05) is 11.5 Å². The summed E-state index contributed by atoms with van der Waals surface area (Å²) < 4.78 is 17.4. The van der Waals surface area contributed by atoms with Crippen molar-refractivity contribution in [1.82, 2.24) is 5.16 Å². The van der Waals surface area contributed by atoms with Gasteiger partial charge in [0.25, 0.3) is 5.91 Å². The largest absolute Gasteiger partial charge is 0.491 e. The van der Waals surface area contributed by atoms with Gasteiger partial charge in [-0.25, -0.2) is 0 Å². The Kier molecular flexibility index (Phi) is 4.74. The number of amides is 1. The number of ether oxygens (including phenoxy) is 1. The van der Waals surface area contributed by atoms with Crippen molar-refractivity contribution in [2.45, 2.75) is 32.9 Å². The van der Waals surface area contributed by atoms with Crippen LogP contribution in [0.1, 0.15) is 47.3 Å². The number of hydrogen-bond acceptors (Lipinski definition) is 6. The van der Waals surface area contributed by atoms with E-state index in [1.807, 2.05) is 68.4 Å². The summed E-state index contributed by atoms with van der Waals surface area (Å²) in [7, 11) is 0. The van der Waals surface area contributed by atoms with Crippen LogP contribution in [0.5, 0.6) is 5.75 Å². The zero-order valence-electron chi connectivity index (χ0n) is 19.4. The Morgan fingerprint density at radius 3 is 2.57 bits per heavy atom. The van der Waals surface area contributed by atoms with Crippen molar-refractivity contribution in [2.24, 2.45) is 0 Å². The lowest BCUT2D eigenvalue weighted by Crippen LogP contribution is -2.29. The minimum Gasteiger partial charge on any atom is -0.491 e. The number of carbonyl (C=O) groups is 1. The highest BCUT2D eigenvalue weighted by atomic mass is 16.5. The molecule has 174 valence electrons. The maximum absolute atomic E-state index is 13.9. The van der Waals surface area contributed by atoms with Crippen LogP contribution in [0.4, 0.5) is 5.82 Å². The second-order valence-corrected chi connectivity index (χ2v) is 8.95. The van der Waals surface area contributed by atoms with E-state index in [0.29, 0.717) is 33.9 Å². The number of rotatable bonds is 4. The predicted molar refractivity (Wildman–Crippen MR) is 132 cm³/mol. The molecule has 0 aliphatic carbocycles. The summed E-state index contributed by atoms with van der Waals surface area (Å²) in [6.45, 7) is 5.63. The summed E-state index contributed by atoms with van der Waals surface area (Å²) in [6, 6.07) is 19.6. The number of nitrogens with zero attached hydrogens (tertiary/aromatic N) is 2. The van der Waals surface area contributed by atoms with E-state index in [1.54, 1.807) is 19.1 Å². The molecule has 3 aromatic carbocycles. The van der Waals surface area contributed by atoms with Crippen molar-refractivity contribution in [3.63, 3.8) is 0 Å². The highest BCUT2D eigenvalue weighted by Crippen LogP contribution is 2.42. The number of aryl methyl sites for hydroxylation is 1. The quantitative estimate of drug-likeness (QED) is 0.312. The lowest BCUT2D eigenvalue weighted by Gasteiger charge is -2.23. The molecule has 1 amide bonds. The number of aromatic nitrogens is 1. The van der Waals surface area contributed by atoms with Gasteiger partial charge in [-0.05, 0) is 49.9 Å². The molecule has 2 aromatic heterocycles. The van der Waals surface area contributed by atoms with Crippen LogP contribution in [-0.4, -0.2) is 17.2 Å². The normalized spacial score (nSPS) is 15.4. The Labute approximate surface area is 200 Å². The fraction of sp³-hybridized carbons (Fsp3) is 0.179. The zero-order chi connectivity index (χ0) is 24.3. The fourth-order valence-corrected chi connectivity index (χ4v) is 4.75.